The van der Waals surface area contributed by atoms with Crippen LogP contribution < -0.4 is 5.32 Å². The minimum atomic E-state index is -4.43. The Morgan fingerprint density at radius 1 is 1.25 bits per heavy atom. The summed E-state index contributed by atoms with van der Waals surface area (Å²) in [7, 11) is 1.75. The predicted molar refractivity (Wildman–Crippen MR) is 96.8 cm³/mol. The van der Waals surface area contributed by atoms with E-state index < -0.39 is 11.7 Å². The van der Waals surface area contributed by atoms with Gasteiger partial charge in [0.15, 0.2) is 5.78 Å². The lowest BCUT2D eigenvalue weighted by molar-refractivity contribution is -0.137. The van der Waals surface area contributed by atoms with Crippen LogP contribution in [-0.4, -0.2) is 46.0 Å². The average Bonchev–Trinajstić information content (AvgIpc) is 3.05. The van der Waals surface area contributed by atoms with Gasteiger partial charge in [0, 0.05) is 31.3 Å². The van der Waals surface area contributed by atoms with Crippen LogP contribution in [0.3, 0.4) is 0 Å². The monoisotopic (exact) mass is 394 g/mol. The molecule has 3 rings (SSSR count). The zero-order valence-electron chi connectivity index (χ0n) is 15.4. The van der Waals surface area contributed by atoms with Gasteiger partial charge < -0.3 is 5.32 Å². The number of aromatic nitrogens is 2. The molecular formula is C19H21F3N4O2. The number of hydrogen-bond acceptors (Lipinski definition) is 4. The van der Waals surface area contributed by atoms with Crippen LogP contribution in [0.15, 0.2) is 36.7 Å². The highest BCUT2D eigenvalue weighted by atomic mass is 19.4. The Kier molecular flexibility index (Phi) is 5.83. The molecule has 1 N–H and O–H groups in total. The molecule has 2 aromatic rings. The van der Waals surface area contributed by atoms with E-state index in [9.17, 15) is 22.8 Å². The number of rotatable bonds is 5. The lowest BCUT2D eigenvalue weighted by atomic mass is 9.89. The van der Waals surface area contributed by atoms with Gasteiger partial charge in [0.05, 0.1) is 24.0 Å². The van der Waals surface area contributed by atoms with Crippen molar-refractivity contribution in [3.63, 3.8) is 0 Å². The molecule has 2 heterocycles. The molecule has 0 aliphatic carbocycles. The maximum absolute atomic E-state index is 12.7. The van der Waals surface area contributed by atoms with Crippen LogP contribution in [0.25, 0.3) is 0 Å². The van der Waals surface area contributed by atoms with Gasteiger partial charge in [-0.3, -0.25) is 19.2 Å². The van der Waals surface area contributed by atoms with Crippen LogP contribution in [0.4, 0.5) is 18.9 Å². The third-order valence-electron chi connectivity index (χ3n) is 4.73. The van der Waals surface area contributed by atoms with E-state index in [-0.39, 0.29) is 29.7 Å². The summed E-state index contributed by atoms with van der Waals surface area (Å²) >= 11 is 0. The number of halogens is 3. The van der Waals surface area contributed by atoms with Crippen molar-refractivity contribution in [2.75, 3.05) is 25.0 Å². The number of alkyl halides is 3. The number of amides is 1. The second-order valence-corrected chi connectivity index (χ2v) is 6.96. The molecule has 1 saturated heterocycles. The molecule has 28 heavy (non-hydrogen) atoms. The van der Waals surface area contributed by atoms with Crippen LogP contribution in [0.2, 0.25) is 0 Å². The van der Waals surface area contributed by atoms with E-state index in [1.807, 2.05) is 4.90 Å². The standard InChI is InChI=1S/C19H21F3N4O2/c1-25-11-16(9-23-25)24-17(27)12-26-8-2-3-14(10-26)18(28)13-4-6-15(7-5-13)19(20,21)22/h4-7,9,11,14H,2-3,8,10,12H2,1H3,(H,24,27)/t14-/m0/s1. The first-order valence-electron chi connectivity index (χ1n) is 8.94. The van der Waals surface area contributed by atoms with Crippen molar-refractivity contribution in [2.24, 2.45) is 13.0 Å². The summed E-state index contributed by atoms with van der Waals surface area (Å²) in [4.78, 5) is 26.7. The van der Waals surface area contributed by atoms with E-state index in [4.69, 9.17) is 0 Å². The van der Waals surface area contributed by atoms with Crippen molar-refractivity contribution < 1.29 is 22.8 Å². The number of carbonyl (C=O) groups excluding carboxylic acids is 2. The van der Waals surface area contributed by atoms with Crippen molar-refractivity contribution in [3.8, 4) is 0 Å². The fourth-order valence-electron chi connectivity index (χ4n) is 3.36. The van der Waals surface area contributed by atoms with Gasteiger partial charge in [-0.2, -0.15) is 18.3 Å². The van der Waals surface area contributed by atoms with Crippen molar-refractivity contribution >= 4 is 17.4 Å². The van der Waals surface area contributed by atoms with Crippen LogP contribution in [0, 0.1) is 5.92 Å². The number of Topliss-reactive ketones (excluding diaryl/α,β-unsaturated/α-hetero) is 1. The molecule has 1 atom stereocenters. The van der Waals surface area contributed by atoms with E-state index >= 15 is 0 Å². The highest BCUT2D eigenvalue weighted by Gasteiger charge is 2.31. The topological polar surface area (TPSA) is 67.2 Å². The summed E-state index contributed by atoms with van der Waals surface area (Å²) in [6.45, 7) is 1.24. The fraction of sp³-hybridized carbons (Fsp3) is 0.421. The highest BCUT2D eigenvalue weighted by Crippen LogP contribution is 2.30. The first-order valence-corrected chi connectivity index (χ1v) is 8.94. The first-order chi connectivity index (χ1) is 13.2. The van der Waals surface area contributed by atoms with Gasteiger partial charge in [-0.25, -0.2) is 0 Å². The SMILES string of the molecule is Cn1cc(NC(=O)CN2CCC[C@H](C(=O)c3ccc(C(F)(F)F)cc3)C2)cn1. The van der Waals surface area contributed by atoms with Crippen molar-refractivity contribution in [1.82, 2.24) is 14.7 Å². The normalized spacial score (nSPS) is 18.1. The maximum Gasteiger partial charge on any atom is 0.416 e. The zero-order chi connectivity index (χ0) is 20.3. The molecule has 9 heteroatoms. The summed E-state index contributed by atoms with van der Waals surface area (Å²) in [5, 5.41) is 6.73. The minimum Gasteiger partial charge on any atom is -0.322 e. The Hall–Kier alpha value is -2.68. The number of piperidine rings is 1. The van der Waals surface area contributed by atoms with Gasteiger partial charge in [-0.1, -0.05) is 12.1 Å². The first kappa shape index (κ1) is 20.1. The van der Waals surface area contributed by atoms with Crippen LogP contribution in [0.5, 0.6) is 0 Å². The summed E-state index contributed by atoms with van der Waals surface area (Å²) in [5.41, 5.74) is 0.0861. The molecule has 150 valence electrons. The quantitative estimate of drug-likeness (QED) is 0.792. The summed E-state index contributed by atoms with van der Waals surface area (Å²) < 4.78 is 39.6. The second kappa shape index (κ2) is 8.14. The molecular weight excluding hydrogens is 373 g/mol. The van der Waals surface area contributed by atoms with Crippen molar-refractivity contribution in [3.05, 3.63) is 47.8 Å². The molecule has 0 spiro atoms. The van der Waals surface area contributed by atoms with E-state index in [1.54, 1.807) is 24.1 Å². The molecule has 1 aromatic heterocycles. The van der Waals surface area contributed by atoms with Gasteiger partial charge in [0.25, 0.3) is 0 Å². The van der Waals surface area contributed by atoms with Gasteiger partial charge in [-0.15, -0.1) is 0 Å². The smallest absolute Gasteiger partial charge is 0.322 e. The third-order valence-corrected chi connectivity index (χ3v) is 4.73. The Bertz CT molecular complexity index is 846. The van der Waals surface area contributed by atoms with E-state index in [1.165, 1.54) is 12.1 Å². The number of benzene rings is 1. The van der Waals surface area contributed by atoms with Gasteiger partial charge in [-0.05, 0) is 31.5 Å². The minimum absolute atomic E-state index is 0.145. The van der Waals surface area contributed by atoms with Gasteiger partial charge in [0.2, 0.25) is 5.91 Å². The summed E-state index contributed by atoms with van der Waals surface area (Å²) in [6.07, 6.45) is 0.207. The van der Waals surface area contributed by atoms with Crippen LogP contribution in [0.1, 0.15) is 28.8 Å². The van der Waals surface area contributed by atoms with Crippen LogP contribution in [-0.2, 0) is 18.0 Å². The van der Waals surface area contributed by atoms with E-state index in [0.717, 1.165) is 18.6 Å². The molecule has 1 aliphatic rings. The second-order valence-electron chi connectivity index (χ2n) is 6.96. The highest BCUT2D eigenvalue weighted by molar-refractivity contribution is 5.98. The molecule has 0 saturated carbocycles. The average molecular weight is 394 g/mol. The lowest BCUT2D eigenvalue weighted by Crippen LogP contribution is -2.42. The van der Waals surface area contributed by atoms with Gasteiger partial charge in [0.1, 0.15) is 0 Å². The van der Waals surface area contributed by atoms with Crippen molar-refractivity contribution in [2.45, 2.75) is 19.0 Å². The van der Waals surface area contributed by atoms with Crippen molar-refractivity contribution in [1.29, 1.82) is 0 Å². The largest absolute Gasteiger partial charge is 0.416 e. The maximum atomic E-state index is 12.7. The van der Waals surface area contributed by atoms with E-state index in [2.05, 4.69) is 10.4 Å². The molecule has 1 amide bonds. The Balaban J connectivity index is 1.58. The Labute approximate surface area is 160 Å². The summed E-state index contributed by atoms with van der Waals surface area (Å²) in [6, 6.07) is 4.29. The third kappa shape index (κ3) is 4.98. The Morgan fingerprint density at radius 2 is 1.96 bits per heavy atom. The predicted octanol–water partition coefficient (Wildman–Crippen LogP) is 2.97. The van der Waals surface area contributed by atoms with E-state index in [0.29, 0.717) is 25.2 Å². The lowest BCUT2D eigenvalue weighted by Gasteiger charge is -2.31. The molecule has 1 aliphatic heterocycles. The zero-order valence-corrected chi connectivity index (χ0v) is 15.4. The number of aryl methyl sites for hydroxylation is 1. The number of hydrogen-bond donors (Lipinski definition) is 1. The fourth-order valence-corrected chi connectivity index (χ4v) is 3.36. The number of ketones is 1. The molecule has 0 radical (unpaired) electrons. The number of nitrogens with one attached hydrogen (secondary N) is 1. The molecule has 1 fully saturated rings. The number of nitrogens with zero attached hydrogens (tertiary/aromatic N) is 3. The number of likely N-dealkylation sites (tertiary alicyclic amines) is 1. The number of carbonyl (C=O) groups is 2. The molecule has 0 unspecified atom stereocenters. The molecule has 1 aromatic carbocycles. The Morgan fingerprint density at radius 3 is 2.57 bits per heavy atom. The summed E-state index contributed by atoms with van der Waals surface area (Å²) in [5.74, 6) is -0.724. The molecule has 0 bridgehead atoms. The van der Waals surface area contributed by atoms with Crippen LogP contribution >= 0.6 is 0 Å². The molecule has 6 nitrogen and oxygen atoms in total. The van der Waals surface area contributed by atoms with Gasteiger partial charge >= 0.3 is 6.18 Å². The number of anilines is 1.